The van der Waals surface area contributed by atoms with Gasteiger partial charge in [0.1, 0.15) is 0 Å². The topological polar surface area (TPSA) is 45.1 Å². The fraction of sp³-hybridized carbons (Fsp3) is 0.615. The summed E-state index contributed by atoms with van der Waals surface area (Å²) in [6.07, 6.45) is 7.67. The first-order valence-electron chi connectivity index (χ1n) is 6.09. The minimum absolute atomic E-state index is 0.115. The smallest absolute Gasteiger partial charge is 0.0555 e. The molecule has 1 aromatic rings. The van der Waals surface area contributed by atoms with E-state index in [9.17, 15) is 5.11 Å². The average molecular weight is 220 g/mol. The van der Waals surface area contributed by atoms with E-state index in [1.165, 1.54) is 12.0 Å². The molecular formula is C13H20N2O. The summed E-state index contributed by atoms with van der Waals surface area (Å²) in [6.45, 7) is 2.16. The molecule has 1 aliphatic rings. The maximum Gasteiger partial charge on any atom is 0.0555 e. The molecule has 16 heavy (non-hydrogen) atoms. The minimum Gasteiger partial charge on any atom is -0.393 e. The third-order valence-electron chi connectivity index (χ3n) is 3.34. The number of rotatable bonds is 3. The van der Waals surface area contributed by atoms with E-state index in [2.05, 4.69) is 17.2 Å². The van der Waals surface area contributed by atoms with Crippen molar-refractivity contribution in [2.24, 2.45) is 0 Å². The Hall–Kier alpha value is -0.930. The summed E-state index contributed by atoms with van der Waals surface area (Å²) in [5.41, 5.74) is 1.26. The van der Waals surface area contributed by atoms with Crippen molar-refractivity contribution in [2.75, 3.05) is 0 Å². The van der Waals surface area contributed by atoms with E-state index in [4.69, 9.17) is 0 Å². The number of pyridine rings is 1. The van der Waals surface area contributed by atoms with Crippen LogP contribution in [-0.4, -0.2) is 22.2 Å². The van der Waals surface area contributed by atoms with E-state index >= 15 is 0 Å². The van der Waals surface area contributed by atoms with Gasteiger partial charge in [-0.3, -0.25) is 4.98 Å². The molecule has 3 nitrogen and oxygen atoms in total. The molecule has 1 saturated carbocycles. The van der Waals surface area contributed by atoms with Crippen LogP contribution in [0, 0.1) is 0 Å². The molecule has 0 amide bonds. The molecule has 1 heterocycles. The van der Waals surface area contributed by atoms with Crippen LogP contribution < -0.4 is 5.32 Å². The Kier molecular flexibility index (Phi) is 3.91. The molecule has 0 aromatic carbocycles. The lowest BCUT2D eigenvalue weighted by molar-refractivity contribution is 0.109. The number of nitrogens with one attached hydrogen (secondary N) is 1. The predicted molar refractivity (Wildman–Crippen MR) is 64.1 cm³/mol. The zero-order chi connectivity index (χ0) is 11.4. The second-order valence-corrected chi connectivity index (χ2v) is 4.69. The van der Waals surface area contributed by atoms with E-state index in [1.54, 1.807) is 0 Å². The molecule has 1 aromatic heterocycles. The van der Waals surface area contributed by atoms with Gasteiger partial charge in [0.2, 0.25) is 0 Å². The highest BCUT2D eigenvalue weighted by Crippen LogP contribution is 2.21. The van der Waals surface area contributed by atoms with E-state index in [1.807, 2.05) is 24.5 Å². The highest BCUT2D eigenvalue weighted by atomic mass is 16.3. The van der Waals surface area contributed by atoms with Crippen LogP contribution in [0.25, 0.3) is 0 Å². The summed E-state index contributed by atoms with van der Waals surface area (Å²) >= 11 is 0. The Morgan fingerprint density at radius 3 is 2.81 bits per heavy atom. The summed E-state index contributed by atoms with van der Waals surface area (Å²) in [5, 5.41) is 13.2. The first kappa shape index (κ1) is 11.6. The molecule has 1 fully saturated rings. The standard InChI is InChI=1S/C13H20N2O/c1-10(11-5-7-14-8-6-11)15-12-3-2-4-13(16)9-12/h5-8,10,12-13,15-16H,2-4,9H2,1H3. The molecule has 88 valence electrons. The molecule has 0 bridgehead atoms. The average Bonchev–Trinajstić information content (AvgIpc) is 2.30. The number of aliphatic hydroxyl groups is 1. The fourth-order valence-electron chi connectivity index (χ4n) is 2.42. The molecule has 3 atom stereocenters. The monoisotopic (exact) mass is 220 g/mol. The first-order chi connectivity index (χ1) is 7.75. The van der Waals surface area contributed by atoms with Gasteiger partial charge in [0, 0.05) is 24.5 Å². The van der Waals surface area contributed by atoms with Gasteiger partial charge in [-0.2, -0.15) is 0 Å². The lowest BCUT2D eigenvalue weighted by atomic mass is 9.92. The van der Waals surface area contributed by atoms with Crippen LogP contribution in [0.5, 0.6) is 0 Å². The molecule has 0 radical (unpaired) electrons. The lowest BCUT2D eigenvalue weighted by Crippen LogP contribution is -2.37. The first-order valence-corrected chi connectivity index (χ1v) is 6.09. The number of hydrogen-bond acceptors (Lipinski definition) is 3. The SMILES string of the molecule is CC(NC1CCCC(O)C1)c1ccncc1. The van der Waals surface area contributed by atoms with Crippen molar-refractivity contribution in [2.45, 2.75) is 50.8 Å². The van der Waals surface area contributed by atoms with Crippen molar-refractivity contribution in [3.05, 3.63) is 30.1 Å². The van der Waals surface area contributed by atoms with Crippen molar-refractivity contribution >= 4 is 0 Å². The summed E-state index contributed by atoms with van der Waals surface area (Å²) in [5.74, 6) is 0. The van der Waals surface area contributed by atoms with Gasteiger partial charge in [0.05, 0.1) is 6.10 Å². The van der Waals surface area contributed by atoms with Crippen LogP contribution in [0.2, 0.25) is 0 Å². The zero-order valence-electron chi connectivity index (χ0n) is 9.76. The molecule has 0 spiro atoms. The molecule has 0 aliphatic heterocycles. The van der Waals surface area contributed by atoms with Crippen LogP contribution in [0.3, 0.4) is 0 Å². The van der Waals surface area contributed by atoms with Gasteiger partial charge < -0.3 is 10.4 Å². The summed E-state index contributed by atoms with van der Waals surface area (Å²) in [6, 6.07) is 4.86. The number of aromatic nitrogens is 1. The van der Waals surface area contributed by atoms with Gasteiger partial charge in [0.15, 0.2) is 0 Å². The van der Waals surface area contributed by atoms with Crippen molar-refractivity contribution in [3.8, 4) is 0 Å². The van der Waals surface area contributed by atoms with Gasteiger partial charge in [0.25, 0.3) is 0 Å². The fourth-order valence-corrected chi connectivity index (χ4v) is 2.42. The predicted octanol–water partition coefficient (Wildman–Crippen LogP) is 2.04. The van der Waals surface area contributed by atoms with Crippen LogP contribution in [0.4, 0.5) is 0 Å². The second kappa shape index (κ2) is 5.41. The largest absolute Gasteiger partial charge is 0.393 e. The van der Waals surface area contributed by atoms with E-state index < -0.39 is 0 Å². The molecule has 2 N–H and O–H groups in total. The Morgan fingerprint density at radius 2 is 2.12 bits per heavy atom. The quantitative estimate of drug-likeness (QED) is 0.819. The van der Waals surface area contributed by atoms with E-state index in [0.29, 0.717) is 12.1 Å². The van der Waals surface area contributed by atoms with Gasteiger partial charge in [-0.05, 0) is 50.3 Å². The Bertz CT molecular complexity index is 315. The Balaban J connectivity index is 1.89. The molecule has 0 saturated heterocycles. The Labute approximate surface area is 96.9 Å². The minimum atomic E-state index is -0.115. The van der Waals surface area contributed by atoms with Gasteiger partial charge in [-0.1, -0.05) is 0 Å². The van der Waals surface area contributed by atoms with Crippen LogP contribution in [-0.2, 0) is 0 Å². The highest BCUT2D eigenvalue weighted by Gasteiger charge is 2.21. The number of aliphatic hydroxyl groups excluding tert-OH is 1. The Morgan fingerprint density at radius 1 is 1.38 bits per heavy atom. The maximum atomic E-state index is 9.61. The van der Waals surface area contributed by atoms with Crippen LogP contribution in [0.1, 0.15) is 44.2 Å². The third-order valence-corrected chi connectivity index (χ3v) is 3.34. The second-order valence-electron chi connectivity index (χ2n) is 4.69. The maximum absolute atomic E-state index is 9.61. The molecule has 3 heteroatoms. The summed E-state index contributed by atoms with van der Waals surface area (Å²) < 4.78 is 0. The highest BCUT2D eigenvalue weighted by molar-refractivity contribution is 5.14. The van der Waals surface area contributed by atoms with E-state index in [0.717, 1.165) is 19.3 Å². The summed E-state index contributed by atoms with van der Waals surface area (Å²) in [4.78, 5) is 4.02. The lowest BCUT2D eigenvalue weighted by Gasteiger charge is -2.29. The van der Waals surface area contributed by atoms with Crippen molar-refractivity contribution in [1.29, 1.82) is 0 Å². The van der Waals surface area contributed by atoms with Crippen LogP contribution >= 0.6 is 0 Å². The van der Waals surface area contributed by atoms with Crippen molar-refractivity contribution < 1.29 is 5.11 Å². The van der Waals surface area contributed by atoms with Crippen molar-refractivity contribution in [1.82, 2.24) is 10.3 Å². The molecule has 2 rings (SSSR count). The van der Waals surface area contributed by atoms with Gasteiger partial charge in [-0.15, -0.1) is 0 Å². The van der Waals surface area contributed by atoms with Gasteiger partial charge >= 0.3 is 0 Å². The third kappa shape index (κ3) is 3.03. The number of nitrogens with zero attached hydrogens (tertiary/aromatic N) is 1. The zero-order valence-corrected chi connectivity index (χ0v) is 9.76. The summed E-state index contributed by atoms with van der Waals surface area (Å²) in [7, 11) is 0. The van der Waals surface area contributed by atoms with Gasteiger partial charge in [-0.25, -0.2) is 0 Å². The number of hydrogen-bond donors (Lipinski definition) is 2. The normalized spacial score (nSPS) is 27.6. The molecule has 1 aliphatic carbocycles. The van der Waals surface area contributed by atoms with E-state index in [-0.39, 0.29) is 6.10 Å². The molecule has 3 unspecified atom stereocenters. The van der Waals surface area contributed by atoms with Crippen LogP contribution in [0.15, 0.2) is 24.5 Å². The molecular weight excluding hydrogens is 200 g/mol. The van der Waals surface area contributed by atoms with Crippen molar-refractivity contribution in [3.63, 3.8) is 0 Å².